The number of anilines is 1. The normalized spacial score (nSPS) is 15.8. The summed E-state index contributed by atoms with van der Waals surface area (Å²) in [4.78, 5) is 29.3. The molecule has 1 atom stereocenters. The molecule has 2 aromatic carbocycles. The Morgan fingerprint density at radius 3 is 2.48 bits per heavy atom. The van der Waals surface area contributed by atoms with E-state index in [1.54, 1.807) is 0 Å². The molecule has 0 spiro atoms. The Kier molecular flexibility index (Phi) is 6.88. The van der Waals surface area contributed by atoms with Crippen LogP contribution in [0.15, 0.2) is 54.6 Å². The third-order valence-corrected chi connectivity index (χ3v) is 4.91. The molecular weight excluding hydrogens is 366 g/mol. The lowest BCUT2D eigenvalue weighted by molar-refractivity contribution is -0.124. The number of hydrogen-bond acceptors (Lipinski definition) is 4. The first kappa shape index (κ1) is 20.9. The van der Waals surface area contributed by atoms with Crippen molar-refractivity contribution in [1.29, 1.82) is 0 Å². The monoisotopic (exact) mass is 395 g/mol. The molecule has 0 aliphatic carbocycles. The summed E-state index contributed by atoms with van der Waals surface area (Å²) >= 11 is 0. The van der Waals surface area contributed by atoms with Gasteiger partial charge in [0.15, 0.2) is 0 Å². The van der Waals surface area contributed by atoms with E-state index in [2.05, 4.69) is 5.32 Å². The average molecular weight is 396 g/mol. The number of rotatable bonds is 7. The molecule has 29 heavy (non-hydrogen) atoms. The van der Waals surface area contributed by atoms with Crippen LogP contribution in [-0.2, 0) is 9.59 Å². The Morgan fingerprint density at radius 2 is 1.79 bits per heavy atom. The zero-order valence-electron chi connectivity index (χ0n) is 17.3. The summed E-state index contributed by atoms with van der Waals surface area (Å²) in [5.74, 6) is 0.582. The fourth-order valence-electron chi connectivity index (χ4n) is 3.54. The van der Waals surface area contributed by atoms with E-state index in [9.17, 15) is 9.59 Å². The Hall–Kier alpha value is -2.86. The predicted octanol–water partition coefficient (Wildman–Crippen LogP) is 3.00. The van der Waals surface area contributed by atoms with Gasteiger partial charge in [0, 0.05) is 6.04 Å². The molecule has 3 rings (SSSR count). The smallest absolute Gasteiger partial charge is 0.241 e. The number of likely N-dealkylation sites (N-methyl/N-ethyl adjacent to an activating group) is 1. The van der Waals surface area contributed by atoms with E-state index >= 15 is 0 Å². The number of nitrogens with one attached hydrogen (secondary N) is 1. The van der Waals surface area contributed by atoms with Gasteiger partial charge in [-0.05, 0) is 38.1 Å². The summed E-state index contributed by atoms with van der Waals surface area (Å²) in [6, 6.07) is 17.4. The molecular formula is C23H29N3O3. The number of benzene rings is 2. The topological polar surface area (TPSA) is 61.9 Å². The molecule has 1 unspecified atom stereocenters. The summed E-state index contributed by atoms with van der Waals surface area (Å²) in [5.41, 5.74) is 1.79. The Bertz CT molecular complexity index is 838. The maximum atomic E-state index is 13.4. The van der Waals surface area contributed by atoms with Crippen molar-refractivity contribution in [3.63, 3.8) is 0 Å². The molecule has 0 saturated carbocycles. The van der Waals surface area contributed by atoms with Crippen LogP contribution in [0, 0.1) is 0 Å². The van der Waals surface area contributed by atoms with E-state index in [4.69, 9.17) is 4.74 Å². The van der Waals surface area contributed by atoms with Crippen LogP contribution in [0.3, 0.4) is 0 Å². The van der Waals surface area contributed by atoms with Crippen LogP contribution < -0.4 is 15.0 Å². The van der Waals surface area contributed by atoms with Crippen molar-refractivity contribution in [3.8, 4) is 5.75 Å². The molecule has 2 amide bonds. The molecule has 6 nitrogen and oxygen atoms in total. The van der Waals surface area contributed by atoms with E-state index in [-0.39, 0.29) is 37.0 Å². The van der Waals surface area contributed by atoms with Gasteiger partial charge in [-0.15, -0.1) is 0 Å². The number of amides is 2. The quantitative estimate of drug-likeness (QED) is 0.783. The van der Waals surface area contributed by atoms with Crippen molar-refractivity contribution < 1.29 is 14.3 Å². The molecule has 0 fully saturated rings. The van der Waals surface area contributed by atoms with E-state index in [1.165, 1.54) is 0 Å². The lowest BCUT2D eigenvalue weighted by Crippen LogP contribution is -2.48. The zero-order chi connectivity index (χ0) is 20.8. The van der Waals surface area contributed by atoms with Gasteiger partial charge in [-0.1, -0.05) is 49.4 Å². The third kappa shape index (κ3) is 5.15. The SMILES string of the molecule is CCN(CC(=O)NC(C)C)CC(=O)N1c2ccccc2OCC1c1ccccc1. The van der Waals surface area contributed by atoms with Gasteiger partial charge in [0.25, 0.3) is 0 Å². The van der Waals surface area contributed by atoms with Crippen LogP contribution >= 0.6 is 0 Å². The van der Waals surface area contributed by atoms with Crippen molar-refractivity contribution in [1.82, 2.24) is 10.2 Å². The highest BCUT2D eigenvalue weighted by Gasteiger charge is 2.33. The van der Waals surface area contributed by atoms with Gasteiger partial charge < -0.3 is 10.1 Å². The van der Waals surface area contributed by atoms with Gasteiger partial charge in [-0.2, -0.15) is 0 Å². The van der Waals surface area contributed by atoms with E-state index in [1.807, 2.05) is 85.2 Å². The minimum absolute atomic E-state index is 0.0474. The number of carbonyl (C=O) groups is 2. The van der Waals surface area contributed by atoms with Crippen LogP contribution in [-0.4, -0.2) is 49.0 Å². The number of hydrogen-bond donors (Lipinski definition) is 1. The Labute approximate surface area is 172 Å². The summed E-state index contributed by atoms with van der Waals surface area (Å²) in [7, 11) is 0. The number of para-hydroxylation sites is 2. The van der Waals surface area contributed by atoms with Gasteiger partial charge in [0.05, 0.1) is 24.8 Å². The molecule has 1 aliphatic rings. The first-order valence-electron chi connectivity index (χ1n) is 10.1. The maximum Gasteiger partial charge on any atom is 0.241 e. The molecule has 2 aromatic rings. The highest BCUT2D eigenvalue weighted by Crippen LogP contribution is 2.39. The maximum absolute atomic E-state index is 13.4. The lowest BCUT2D eigenvalue weighted by atomic mass is 10.0. The van der Waals surface area contributed by atoms with Gasteiger partial charge in [-0.25, -0.2) is 0 Å². The van der Waals surface area contributed by atoms with Crippen LogP contribution in [0.1, 0.15) is 32.4 Å². The van der Waals surface area contributed by atoms with E-state index in [0.717, 1.165) is 11.3 Å². The number of nitrogens with zero attached hydrogens (tertiary/aromatic N) is 2. The average Bonchev–Trinajstić information content (AvgIpc) is 2.72. The lowest BCUT2D eigenvalue weighted by Gasteiger charge is -2.38. The zero-order valence-corrected chi connectivity index (χ0v) is 17.3. The van der Waals surface area contributed by atoms with Gasteiger partial charge in [-0.3, -0.25) is 19.4 Å². The Morgan fingerprint density at radius 1 is 1.10 bits per heavy atom. The van der Waals surface area contributed by atoms with E-state index < -0.39 is 0 Å². The highest BCUT2D eigenvalue weighted by atomic mass is 16.5. The summed E-state index contributed by atoms with van der Waals surface area (Å²) in [5, 5.41) is 2.89. The molecule has 1 aliphatic heterocycles. The first-order valence-corrected chi connectivity index (χ1v) is 10.1. The first-order chi connectivity index (χ1) is 14.0. The molecule has 0 aromatic heterocycles. The fraction of sp³-hybridized carbons (Fsp3) is 0.391. The van der Waals surface area contributed by atoms with Crippen molar-refractivity contribution in [3.05, 3.63) is 60.2 Å². The van der Waals surface area contributed by atoms with E-state index in [0.29, 0.717) is 18.9 Å². The van der Waals surface area contributed by atoms with Crippen molar-refractivity contribution >= 4 is 17.5 Å². The third-order valence-electron chi connectivity index (χ3n) is 4.91. The predicted molar refractivity (Wildman–Crippen MR) is 114 cm³/mol. The second-order valence-corrected chi connectivity index (χ2v) is 7.49. The fourth-order valence-corrected chi connectivity index (χ4v) is 3.54. The van der Waals surface area contributed by atoms with Gasteiger partial charge >= 0.3 is 0 Å². The standard InChI is InChI=1S/C23H29N3O3/c1-4-25(14-22(27)24-17(2)3)15-23(28)26-19-12-8-9-13-21(19)29-16-20(26)18-10-6-5-7-11-18/h5-13,17,20H,4,14-16H2,1-3H3,(H,24,27). The number of carbonyl (C=O) groups excluding carboxylic acids is 2. The van der Waals surface area contributed by atoms with Crippen LogP contribution in [0.4, 0.5) is 5.69 Å². The molecule has 6 heteroatoms. The highest BCUT2D eigenvalue weighted by molar-refractivity contribution is 5.97. The van der Waals surface area contributed by atoms with Crippen LogP contribution in [0.5, 0.6) is 5.75 Å². The molecule has 1 N–H and O–H groups in total. The van der Waals surface area contributed by atoms with Crippen molar-refractivity contribution in [2.24, 2.45) is 0 Å². The second-order valence-electron chi connectivity index (χ2n) is 7.49. The number of fused-ring (bicyclic) bond motifs is 1. The summed E-state index contributed by atoms with van der Waals surface area (Å²) in [6.45, 7) is 7.18. The minimum atomic E-state index is -0.207. The molecule has 0 radical (unpaired) electrons. The number of ether oxygens (including phenoxy) is 1. The van der Waals surface area contributed by atoms with Gasteiger partial charge in [0.1, 0.15) is 12.4 Å². The minimum Gasteiger partial charge on any atom is -0.489 e. The Balaban J connectivity index is 1.83. The summed E-state index contributed by atoms with van der Waals surface area (Å²) < 4.78 is 5.94. The van der Waals surface area contributed by atoms with Crippen LogP contribution in [0.25, 0.3) is 0 Å². The van der Waals surface area contributed by atoms with Gasteiger partial charge in [0.2, 0.25) is 11.8 Å². The largest absolute Gasteiger partial charge is 0.489 e. The second kappa shape index (κ2) is 9.56. The van der Waals surface area contributed by atoms with Crippen LogP contribution in [0.2, 0.25) is 0 Å². The van der Waals surface area contributed by atoms with Crippen molar-refractivity contribution in [2.45, 2.75) is 32.9 Å². The van der Waals surface area contributed by atoms with Crippen molar-refractivity contribution in [2.75, 3.05) is 31.1 Å². The molecule has 0 bridgehead atoms. The summed E-state index contributed by atoms with van der Waals surface area (Å²) in [6.07, 6.45) is 0. The molecule has 1 heterocycles. The molecule has 0 saturated heterocycles. The molecule has 154 valence electrons.